The van der Waals surface area contributed by atoms with Crippen LogP contribution in [0.2, 0.25) is 0 Å². The maximum atomic E-state index is 11.6. The minimum atomic E-state index is -1.12. The van der Waals surface area contributed by atoms with Crippen molar-refractivity contribution in [3.63, 3.8) is 0 Å². The number of nitrogen functional groups attached to an aromatic ring is 1. The van der Waals surface area contributed by atoms with Crippen LogP contribution in [0, 0.1) is 0 Å². The van der Waals surface area contributed by atoms with Gasteiger partial charge in [0.25, 0.3) is 0 Å². The lowest BCUT2D eigenvalue weighted by Gasteiger charge is -2.16. The maximum absolute atomic E-state index is 11.6. The molecule has 0 bridgehead atoms. The highest BCUT2D eigenvalue weighted by Crippen LogP contribution is 2.32. The molecule has 0 aromatic carbocycles. The van der Waals surface area contributed by atoms with Crippen LogP contribution in [0.15, 0.2) is 28.2 Å². The van der Waals surface area contributed by atoms with Gasteiger partial charge in [0.15, 0.2) is 6.23 Å². The fourth-order valence-corrected chi connectivity index (χ4v) is 2.07. The molecule has 1 fully saturated rings. The smallest absolute Gasteiger partial charge is 0.351 e. The summed E-state index contributed by atoms with van der Waals surface area (Å²) in [5.41, 5.74) is 6.17. The second-order valence-electron chi connectivity index (χ2n) is 3.79. The van der Waals surface area contributed by atoms with E-state index in [0.29, 0.717) is 5.57 Å². The van der Waals surface area contributed by atoms with Gasteiger partial charge in [-0.05, 0) is 6.07 Å². The SMILES string of the molecule is Nc1ccn([C@@H]2O[C@H](CO)/C(=C\Cl)[C@H]2O)c(=O)n1. The zero-order valence-electron chi connectivity index (χ0n) is 9.23. The van der Waals surface area contributed by atoms with Gasteiger partial charge in [-0.3, -0.25) is 4.57 Å². The predicted molar refractivity (Wildman–Crippen MR) is 63.8 cm³/mol. The Kier molecular flexibility index (Phi) is 3.67. The summed E-state index contributed by atoms with van der Waals surface area (Å²) in [4.78, 5) is 15.2. The molecule has 2 rings (SSSR count). The van der Waals surface area contributed by atoms with Crippen molar-refractivity contribution in [2.45, 2.75) is 18.4 Å². The number of aliphatic hydroxyl groups is 2. The standard InChI is InChI=1S/C10H12ClN3O4/c11-3-5-6(4-15)18-9(8(5)16)14-2-1-7(12)13-10(14)17/h1-3,6,8-9,15-16H,4H2,(H2,12,13,17)/b5-3+/t6-,8-,9-/m1/s1. The van der Waals surface area contributed by atoms with Gasteiger partial charge in [0.05, 0.1) is 6.61 Å². The van der Waals surface area contributed by atoms with E-state index in [4.69, 9.17) is 27.2 Å². The van der Waals surface area contributed by atoms with E-state index in [0.717, 1.165) is 10.1 Å². The molecule has 2 heterocycles. The van der Waals surface area contributed by atoms with Crippen molar-refractivity contribution in [3.05, 3.63) is 33.9 Å². The van der Waals surface area contributed by atoms with Gasteiger partial charge in [-0.1, -0.05) is 11.6 Å². The van der Waals surface area contributed by atoms with Gasteiger partial charge in [0.2, 0.25) is 0 Å². The molecule has 4 N–H and O–H groups in total. The Hall–Kier alpha value is -1.41. The zero-order chi connectivity index (χ0) is 13.3. The van der Waals surface area contributed by atoms with Gasteiger partial charge in [0.1, 0.15) is 18.0 Å². The number of rotatable bonds is 2. The third-order valence-electron chi connectivity index (χ3n) is 2.70. The van der Waals surface area contributed by atoms with Crippen molar-refractivity contribution in [2.75, 3.05) is 12.3 Å². The summed E-state index contributed by atoms with van der Waals surface area (Å²) in [5.74, 6) is 0.0792. The van der Waals surface area contributed by atoms with Crippen LogP contribution in [0.1, 0.15) is 6.23 Å². The molecule has 0 radical (unpaired) electrons. The molecule has 1 aromatic rings. The van der Waals surface area contributed by atoms with Crippen LogP contribution in [-0.2, 0) is 4.74 Å². The molecule has 0 aliphatic carbocycles. The van der Waals surface area contributed by atoms with E-state index in [-0.39, 0.29) is 12.4 Å². The first-order valence-corrected chi connectivity index (χ1v) is 5.61. The van der Waals surface area contributed by atoms with Gasteiger partial charge in [-0.25, -0.2) is 4.79 Å². The molecule has 8 heteroatoms. The van der Waals surface area contributed by atoms with Crippen LogP contribution in [-0.4, -0.2) is 38.6 Å². The summed E-state index contributed by atoms with van der Waals surface area (Å²) in [6.07, 6.45) is -1.48. The lowest BCUT2D eigenvalue weighted by Crippen LogP contribution is -2.32. The molecular formula is C10H12ClN3O4. The van der Waals surface area contributed by atoms with Crippen molar-refractivity contribution < 1.29 is 14.9 Å². The van der Waals surface area contributed by atoms with Gasteiger partial charge in [0, 0.05) is 17.3 Å². The summed E-state index contributed by atoms with van der Waals surface area (Å²) in [6, 6.07) is 1.41. The van der Waals surface area contributed by atoms with Crippen LogP contribution in [0.4, 0.5) is 5.82 Å². The molecule has 1 aliphatic heterocycles. The minimum absolute atomic E-state index is 0.0792. The second-order valence-corrected chi connectivity index (χ2v) is 4.01. The zero-order valence-corrected chi connectivity index (χ0v) is 9.99. The van der Waals surface area contributed by atoms with Crippen LogP contribution in [0.3, 0.4) is 0 Å². The Morgan fingerprint density at radius 3 is 2.89 bits per heavy atom. The van der Waals surface area contributed by atoms with Gasteiger partial charge in [-0.2, -0.15) is 4.98 Å². The number of nitrogens with two attached hydrogens (primary N) is 1. The number of anilines is 1. The number of hydrogen-bond donors (Lipinski definition) is 3. The predicted octanol–water partition coefficient (Wildman–Crippen LogP) is -0.801. The number of hydrogen-bond acceptors (Lipinski definition) is 6. The molecule has 0 amide bonds. The van der Waals surface area contributed by atoms with E-state index in [9.17, 15) is 9.90 Å². The first-order chi connectivity index (χ1) is 8.58. The number of aliphatic hydroxyl groups excluding tert-OH is 2. The number of halogens is 1. The normalized spacial score (nSPS) is 29.9. The Bertz CT molecular complexity index is 530. The fraction of sp³-hybridized carbons (Fsp3) is 0.400. The number of ether oxygens (including phenoxy) is 1. The van der Waals surface area contributed by atoms with Crippen molar-refractivity contribution in [3.8, 4) is 0 Å². The van der Waals surface area contributed by atoms with Crippen LogP contribution in [0.25, 0.3) is 0 Å². The summed E-state index contributed by atoms with van der Waals surface area (Å²) in [7, 11) is 0. The molecule has 3 atom stereocenters. The maximum Gasteiger partial charge on any atom is 0.351 e. The van der Waals surface area contributed by atoms with E-state index >= 15 is 0 Å². The van der Waals surface area contributed by atoms with E-state index in [2.05, 4.69) is 4.98 Å². The molecule has 0 unspecified atom stereocenters. The van der Waals surface area contributed by atoms with Gasteiger partial charge < -0.3 is 20.7 Å². The molecule has 1 saturated heterocycles. The first kappa shape index (κ1) is 13.0. The van der Waals surface area contributed by atoms with Crippen molar-refractivity contribution in [1.29, 1.82) is 0 Å². The van der Waals surface area contributed by atoms with Crippen LogP contribution >= 0.6 is 11.6 Å². The molecule has 0 saturated carbocycles. The molecule has 98 valence electrons. The second kappa shape index (κ2) is 5.07. The largest absolute Gasteiger partial charge is 0.393 e. The Morgan fingerprint density at radius 2 is 2.39 bits per heavy atom. The lowest BCUT2D eigenvalue weighted by atomic mass is 10.1. The topological polar surface area (TPSA) is 111 Å². The van der Waals surface area contributed by atoms with E-state index in [1.165, 1.54) is 12.3 Å². The average Bonchev–Trinajstić information content (AvgIpc) is 2.66. The molecule has 18 heavy (non-hydrogen) atoms. The summed E-state index contributed by atoms with van der Waals surface area (Å²) in [6.45, 7) is -0.344. The summed E-state index contributed by atoms with van der Waals surface area (Å²) < 4.78 is 6.46. The summed E-state index contributed by atoms with van der Waals surface area (Å²) in [5, 5.41) is 19.1. The molecule has 1 aromatic heterocycles. The number of nitrogens with zero attached hydrogens (tertiary/aromatic N) is 2. The van der Waals surface area contributed by atoms with Crippen molar-refractivity contribution in [1.82, 2.24) is 9.55 Å². The van der Waals surface area contributed by atoms with E-state index in [1.807, 2.05) is 0 Å². The quantitative estimate of drug-likeness (QED) is 0.650. The number of aromatic nitrogens is 2. The molecule has 7 nitrogen and oxygen atoms in total. The Balaban J connectivity index is 2.38. The molecule has 0 spiro atoms. The van der Waals surface area contributed by atoms with E-state index < -0.39 is 24.1 Å². The highest BCUT2D eigenvalue weighted by atomic mass is 35.5. The molecular weight excluding hydrogens is 262 g/mol. The lowest BCUT2D eigenvalue weighted by molar-refractivity contribution is -0.0526. The summed E-state index contributed by atoms with van der Waals surface area (Å²) >= 11 is 5.56. The van der Waals surface area contributed by atoms with Gasteiger partial charge >= 0.3 is 5.69 Å². The Labute approximate surface area is 107 Å². The third kappa shape index (κ3) is 2.13. The highest BCUT2D eigenvalue weighted by Gasteiger charge is 2.39. The first-order valence-electron chi connectivity index (χ1n) is 5.17. The van der Waals surface area contributed by atoms with Crippen molar-refractivity contribution >= 4 is 17.4 Å². The molecule has 1 aliphatic rings. The Morgan fingerprint density at radius 1 is 1.67 bits per heavy atom. The fourth-order valence-electron chi connectivity index (χ4n) is 1.80. The van der Waals surface area contributed by atoms with Crippen LogP contribution in [0.5, 0.6) is 0 Å². The monoisotopic (exact) mass is 273 g/mol. The van der Waals surface area contributed by atoms with Crippen LogP contribution < -0.4 is 11.4 Å². The third-order valence-corrected chi connectivity index (χ3v) is 2.96. The van der Waals surface area contributed by atoms with Gasteiger partial charge in [-0.15, -0.1) is 0 Å². The van der Waals surface area contributed by atoms with Crippen molar-refractivity contribution in [2.24, 2.45) is 0 Å². The highest BCUT2D eigenvalue weighted by molar-refractivity contribution is 6.25. The average molecular weight is 274 g/mol. The minimum Gasteiger partial charge on any atom is -0.393 e. The van der Waals surface area contributed by atoms with E-state index in [1.54, 1.807) is 0 Å².